The monoisotopic (exact) mass is 364 g/mol. The molecule has 0 spiro atoms. The predicted molar refractivity (Wildman–Crippen MR) is 97.5 cm³/mol. The molecule has 1 aromatic carbocycles. The largest absolute Gasteiger partial charge is 0.359 e. The molecule has 7 nitrogen and oxygen atoms in total. The summed E-state index contributed by atoms with van der Waals surface area (Å²) in [7, 11) is 1.51. The Morgan fingerprint density at radius 2 is 2.04 bits per heavy atom. The van der Waals surface area contributed by atoms with Crippen LogP contribution in [0.15, 0.2) is 29.2 Å². The lowest BCUT2D eigenvalue weighted by molar-refractivity contribution is -0.132. The van der Waals surface area contributed by atoms with Crippen LogP contribution in [0.2, 0.25) is 0 Å². The van der Waals surface area contributed by atoms with Gasteiger partial charge in [-0.1, -0.05) is 17.7 Å². The van der Waals surface area contributed by atoms with E-state index in [1.807, 2.05) is 6.92 Å². The lowest BCUT2D eigenvalue weighted by Gasteiger charge is -2.34. The van der Waals surface area contributed by atoms with Gasteiger partial charge in [0.15, 0.2) is 0 Å². The minimum absolute atomic E-state index is 0.0339. The van der Waals surface area contributed by atoms with E-state index >= 15 is 0 Å². The maximum absolute atomic E-state index is 12.4. The summed E-state index contributed by atoms with van der Waals surface area (Å²) in [6, 6.07) is 7.13. The highest BCUT2D eigenvalue weighted by Gasteiger charge is 2.34. The number of nitrogens with one attached hydrogen (secondary N) is 3. The number of hydrogen-bond donors (Lipinski definition) is 3. The van der Waals surface area contributed by atoms with Gasteiger partial charge in [-0.3, -0.25) is 9.59 Å². The van der Waals surface area contributed by atoms with Gasteiger partial charge in [0, 0.05) is 37.3 Å². The van der Waals surface area contributed by atoms with Gasteiger partial charge in [-0.25, -0.2) is 4.79 Å². The number of rotatable bonds is 6. The molecule has 1 atom stereocenters. The number of urea groups is 1. The predicted octanol–water partition coefficient (Wildman–Crippen LogP) is 0.733. The van der Waals surface area contributed by atoms with Crippen molar-refractivity contribution in [3.63, 3.8) is 0 Å². The molecule has 1 fully saturated rings. The Morgan fingerprint density at radius 1 is 1.32 bits per heavy atom. The van der Waals surface area contributed by atoms with Crippen LogP contribution in [-0.4, -0.2) is 61.2 Å². The van der Waals surface area contributed by atoms with Crippen molar-refractivity contribution in [3.8, 4) is 0 Å². The molecule has 2 rings (SSSR count). The van der Waals surface area contributed by atoms with Crippen molar-refractivity contribution in [1.29, 1.82) is 0 Å². The third kappa shape index (κ3) is 5.67. The number of amides is 4. The van der Waals surface area contributed by atoms with Crippen LogP contribution in [0.4, 0.5) is 4.79 Å². The van der Waals surface area contributed by atoms with Gasteiger partial charge < -0.3 is 20.9 Å². The van der Waals surface area contributed by atoms with Gasteiger partial charge in [-0.05, 0) is 19.1 Å². The minimum Gasteiger partial charge on any atom is -0.359 e. The van der Waals surface area contributed by atoms with Crippen LogP contribution in [0.1, 0.15) is 12.0 Å². The molecule has 0 aromatic heterocycles. The summed E-state index contributed by atoms with van der Waals surface area (Å²) < 4.78 is 0. The Balaban J connectivity index is 1.82. The van der Waals surface area contributed by atoms with Crippen molar-refractivity contribution in [2.24, 2.45) is 0 Å². The SMILES string of the molecule is CNC(=O)C[C@@H]1C(=O)NCCN1C(=O)NCCSc1ccc(C)cc1. The first-order chi connectivity index (χ1) is 12.0. The lowest BCUT2D eigenvalue weighted by atomic mass is 10.1. The highest BCUT2D eigenvalue weighted by Crippen LogP contribution is 2.17. The molecule has 0 saturated carbocycles. The number of hydrogen-bond acceptors (Lipinski definition) is 4. The molecule has 8 heteroatoms. The Kier molecular flexibility index (Phi) is 7.12. The fourth-order valence-electron chi connectivity index (χ4n) is 2.50. The highest BCUT2D eigenvalue weighted by atomic mass is 32.2. The van der Waals surface area contributed by atoms with Gasteiger partial charge in [-0.2, -0.15) is 0 Å². The molecule has 3 N–H and O–H groups in total. The fourth-order valence-corrected chi connectivity index (χ4v) is 3.27. The molecule has 25 heavy (non-hydrogen) atoms. The molecule has 0 aliphatic carbocycles. The zero-order valence-electron chi connectivity index (χ0n) is 14.5. The quantitative estimate of drug-likeness (QED) is 0.513. The van der Waals surface area contributed by atoms with Crippen molar-refractivity contribution in [2.75, 3.05) is 32.4 Å². The topological polar surface area (TPSA) is 90.5 Å². The number of thioether (sulfide) groups is 1. The van der Waals surface area contributed by atoms with E-state index in [9.17, 15) is 14.4 Å². The van der Waals surface area contributed by atoms with E-state index in [2.05, 4.69) is 40.2 Å². The second-order valence-corrected chi connectivity index (χ2v) is 6.94. The number of carbonyl (C=O) groups excluding carboxylic acids is 3. The first-order valence-electron chi connectivity index (χ1n) is 8.23. The summed E-state index contributed by atoms with van der Waals surface area (Å²) in [6.45, 7) is 3.32. The summed E-state index contributed by atoms with van der Waals surface area (Å²) in [6.07, 6.45) is -0.0339. The number of aryl methyl sites for hydroxylation is 1. The molecule has 1 aliphatic rings. The third-order valence-corrected chi connectivity index (χ3v) is 4.93. The van der Waals surface area contributed by atoms with Gasteiger partial charge in [0.2, 0.25) is 11.8 Å². The Hall–Kier alpha value is -2.22. The first kappa shape index (κ1) is 19.1. The van der Waals surface area contributed by atoms with E-state index in [4.69, 9.17) is 0 Å². The van der Waals surface area contributed by atoms with E-state index < -0.39 is 6.04 Å². The summed E-state index contributed by atoms with van der Waals surface area (Å²) in [4.78, 5) is 38.5. The van der Waals surface area contributed by atoms with Gasteiger partial charge in [0.05, 0.1) is 6.42 Å². The van der Waals surface area contributed by atoms with Gasteiger partial charge in [0.25, 0.3) is 0 Å². The second-order valence-electron chi connectivity index (χ2n) is 5.77. The molecule has 0 radical (unpaired) electrons. The zero-order valence-corrected chi connectivity index (χ0v) is 15.3. The Labute approximate surface area is 151 Å². The molecule has 1 aliphatic heterocycles. The second kappa shape index (κ2) is 9.31. The Morgan fingerprint density at radius 3 is 2.72 bits per heavy atom. The van der Waals surface area contributed by atoms with Gasteiger partial charge >= 0.3 is 6.03 Å². The normalized spacial score (nSPS) is 17.0. The van der Waals surface area contributed by atoms with Crippen LogP contribution in [0.25, 0.3) is 0 Å². The number of benzene rings is 1. The maximum Gasteiger partial charge on any atom is 0.318 e. The minimum atomic E-state index is -0.765. The van der Waals surface area contributed by atoms with Crippen LogP contribution >= 0.6 is 11.8 Å². The summed E-state index contributed by atoms with van der Waals surface area (Å²) in [5.41, 5.74) is 1.21. The Bertz CT molecular complexity index is 621. The first-order valence-corrected chi connectivity index (χ1v) is 9.22. The third-order valence-electron chi connectivity index (χ3n) is 3.92. The van der Waals surface area contributed by atoms with E-state index in [1.165, 1.54) is 17.5 Å². The van der Waals surface area contributed by atoms with Crippen molar-refractivity contribution in [2.45, 2.75) is 24.3 Å². The molecule has 1 saturated heterocycles. The van der Waals surface area contributed by atoms with Crippen LogP contribution in [-0.2, 0) is 9.59 Å². The van der Waals surface area contributed by atoms with Gasteiger partial charge in [0.1, 0.15) is 6.04 Å². The van der Waals surface area contributed by atoms with E-state index in [-0.39, 0.29) is 24.3 Å². The molecule has 136 valence electrons. The van der Waals surface area contributed by atoms with Crippen LogP contribution in [0.3, 0.4) is 0 Å². The molecule has 0 bridgehead atoms. The average Bonchev–Trinajstić information content (AvgIpc) is 2.61. The molecule has 4 amide bonds. The standard InChI is InChI=1S/C17H24N4O3S/c1-12-3-5-13(6-4-12)25-10-8-20-17(24)21-9-7-19-16(23)14(21)11-15(22)18-2/h3-6,14H,7-11H2,1-2H3,(H,18,22)(H,19,23)(H,20,24)/t14-/m1/s1. The van der Waals surface area contributed by atoms with Crippen LogP contribution in [0, 0.1) is 6.92 Å². The average molecular weight is 364 g/mol. The van der Waals surface area contributed by atoms with E-state index in [0.29, 0.717) is 19.6 Å². The van der Waals surface area contributed by atoms with E-state index in [1.54, 1.807) is 11.8 Å². The van der Waals surface area contributed by atoms with Crippen molar-refractivity contribution >= 4 is 29.6 Å². The summed E-state index contributed by atoms with van der Waals surface area (Å²) in [5.74, 6) is 0.170. The van der Waals surface area contributed by atoms with Crippen molar-refractivity contribution in [3.05, 3.63) is 29.8 Å². The smallest absolute Gasteiger partial charge is 0.318 e. The zero-order chi connectivity index (χ0) is 18.2. The van der Waals surface area contributed by atoms with Crippen LogP contribution in [0.5, 0.6) is 0 Å². The van der Waals surface area contributed by atoms with Crippen molar-refractivity contribution < 1.29 is 14.4 Å². The molecule has 1 heterocycles. The highest BCUT2D eigenvalue weighted by molar-refractivity contribution is 7.99. The maximum atomic E-state index is 12.4. The molecular formula is C17H24N4O3S. The summed E-state index contributed by atoms with van der Waals surface area (Å²) >= 11 is 1.66. The molecule has 1 aromatic rings. The number of carbonyl (C=O) groups is 3. The lowest BCUT2D eigenvalue weighted by Crippen LogP contribution is -2.60. The molecule has 0 unspecified atom stereocenters. The van der Waals surface area contributed by atoms with Gasteiger partial charge in [-0.15, -0.1) is 11.8 Å². The van der Waals surface area contributed by atoms with Crippen LogP contribution < -0.4 is 16.0 Å². The number of piperazine rings is 1. The summed E-state index contributed by atoms with van der Waals surface area (Å²) in [5, 5.41) is 8.01. The fraction of sp³-hybridized carbons (Fsp3) is 0.471. The van der Waals surface area contributed by atoms with Crippen molar-refractivity contribution in [1.82, 2.24) is 20.9 Å². The molecular weight excluding hydrogens is 340 g/mol. The number of nitrogens with zero attached hydrogens (tertiary/aromatic N) is 1. The van der Waals surface area contributed by atoms with E-state index in [0.717, 1.165) is 10.6 Å².